The quantitative estimate of drug-likeness (QED) is 0.622. The lowest BCUT2D eigenvalue weighted by Gasteiger charge is -2.11. The molecule has 0 aliphatic heterocycles. The first kappa shape index (κ1) is 19.9. The van der Waals surface area contributed by atoms with Crippen LogP contribution in [0.15, 0.2) is 71.6 Å². The van der Waals surface area contributed by atoms with Crippen LogP contribution in [0, 0.1) is 12.7 Å². The number of nitrogens with one attached hydrogen (secondary N) is 2. The second kappa shape index (κ2) is 8.00. The summed E-state index contributed by atoms with van der Waals surface area (Å²) >= 11 is 6.05. The minimum absolute atomic E-state index is 0.0628. The van der Waals surface area contributed by atoms with Gasteiger partial charge in [-0.2, -0.15) is 0 Å². The van der Waals surface area contributed by atoms with Crippen molar-refractivity contribution in [2.45, 2.75) is 11.8 Å². The summed E-state index contributed by atoms with van der Waals surface area (Å²) in [6.45, 7) is 1.80. The molecule has 0 radical (unpaired) electrons. The van der Waals surface area contributed by atoms with Gasteiger partial charge in [-0.15, -0.1) is 0 Å². The van der Waals surface area contributed by atoms with Crippen LogP contribution >= 0.6 is 11.6 Å². The van der Waals surface area contributed by atoms with Crippen LogP contribution in [-0.4, -0.2) is 14.3 Å². The number of carbonyl (C=O) groups is 1. The first-order chi connectivity index (χ1) is 13.3. The van der Waals surface area contributed by atoms with Crippen LogP contribution in [-0.2, 0) is 10.0 Å². The van der Waals surface area contributed by atoms with Crippen LogP contribution in [0.2, 0.25) is 5.02 Å². The molecule has 0 fully saturated rings. The molecule has 1 amide bonds. The lowest BCUT2D eigenvalue weighted by molar-refractivity contribution is 0.102. The van der Waals surface area contributed by atoms with Gasteiger partial charge in [0.15, 0.2) is 0 Å². The highest BCUT2D eigenvalue weighted by Crippen LogP contribution is 2.24. The predicted molar refractivity (Wildman–Crippen MR) is 108 cm³/mol. The number of hydrogen-bond acceptors (Lipinski definition) is 3. The normalized spacial score (nSPS) is 11.1. The van der Waals surface area contributed by atoms with Gasteiger partial charge in [-0.1, -0.05) is 17.7 Å². The minimum Gasteiger partial charge on any atom is -0.322 e. The van der Waals surface area contributed by atoms with Crippen molar-refractivity contribution < 1.29 is 17.6 Å². The number of amides is 1. The van der Waals surface area contributed by atoms with Gasteiger partial charge in [0.25, 0.3) is 15.9 Å². The maximum absolute atomic E-state index is 13.0. The maximum atomic E-state index is 13.0. The summed E-state index contributed by atoms with van der Waals surface area (Å²) in [6, 6.07) is 15.6. The highest BCUT2D eigenvalue weighted by molar-refractivity contribution is 7.92. The Bertz CT molecular complexity index is 1120. The highest BCUT2D eigenvalue weighted by Gasteiger charge is 2.15. The van der Waals surface area contributed by atoms with Crippen molar-refractivity contribution in [3.8, 4) is 0 Å². The van der Waals surface area contributed by atoms with Crippen LogP contribution in [0.1, 0.15) is 15.9 Å². The average Bonchev–Trinajstić information content (AvgIpc) is 2.66. The molecule has 8 heteroatoms. The zero-order valence-electron chi connectivity index (χ0n) is 14.7. The zero-order valence-corrected chi connectivity index (χ0v) is 16.3. The summed E-state index contributed by atoms with van der Waals surface area (Å²) in [6.07, 6.45) is 0. The van der Waals surface area contributed by atoms with E-state index >= 15 is 0 Å². The Kier molecular flexibility index (Phi) is 5.67. The van der Waals surface area contributed by atoms with Crippen molar-refractivity contribution in [2.24, 2.45) is 0 Å². The predicted octanol–water partition coefficient (Wildman–Crippen LogP) is 4.84. The van der Waals surface area contributed by atoms with Crippen LogP contribution in [0.25, 0.3) is 0 Å². The molecule has 3 aromatic rings. The van der Waals surface area contributed by atoms with Crippen LogP contribution in [0.3, 0.4) is 0 Å². The lowest BCUT2D eigenvalue weighted by atomic mass is 10.1. The van der Waals surface area contributed by atoms with Gasteiger partial charge in [0.05, 0.1) is 4.90 Å². The Labute approximate surface area is 167 Å². The van der Waals surface area contributed by atoms with Gasteiger partial charge in [0, 0.05) is 22.0 Å². The van der Waals surface area contributed by atoms with Crippen molar-refractivity contribution in [1.82, 2.24) is 0 Å². The number of rotatable bonds is 5. The molecule has 0 saturated heterocycles. The summed E-state index contributed by atoms with van der Waals surface area (Å²) in [7, 11) is -3.85. The summed E-state index contributed by atoms with van der Waals surface area (Å²) in [4.78, 5) is 12.3. The number of benzene rings is 3. The highest BCUT2D eigenvalue weighted by atomic mass is 35.5. The standard InChI is InChI=1S/C20H16ClFN2O3S/c1-13-18(21)3-2-4-19(13)23-20(25)14-5-9-16(10-6-14)24-28(26,27)17-11-7-15(22)8-12-17/h2-12,24H,1H3,(H,23,25). The van der Waals surface area contributed by atoms with Gasteiger partial charge < -0.3 is 5.32 Å². The molecule has 28 heavy (non-hydrogen) atoms. The van der Waals surface area contributed by atoms with Gasteiger partial charge >= 0.3 is 0 Å². The topological polar surface area (TPSA) is 75.3 Å². The van der Waals surface area contributed by atoms with E-state index in [1.807, 2.05) is 0 Å². The van der Waals surface area contributed by atoms with Crippen LogP contribution in [0.5, 0.6) is 0 Å². The van der Waals surface area contributed by atoms with E-state index < -0.39 is 15.8 Å². The molecule has 3 aromatic carbocycles. The Hall–Kier alpha value is -2.90. The molecule has 0 unspecified atom stereocenters. The third kappa shape index (κ3) is 4.49. The minimum atomic E-state index is -3.85. The van der Waals surface area contributed by atoms with E-state index in [-0.39, 0.29) is 16.5 Å². The van der Waals surface area contributed by atoms with E-state index in [9.17, 15) is 17.6 Å². The van der Waals surface area contributed by atoms with E-state index in [1.165, 1.54) is 36.4 Å². The third-order valence-corrected chi connectivity index (χ3v) is 5.85. The number of anilines is 2. The number of carbonyl (C=O) groups excluding carboxylic acids is 1. The van der Waals surface area contributed by atoms with E-state index in [4.69, 9.17) is 11.6 Å². The third-order valence-electron chi connectivity index (χ3n) is 4.04. The van der Waals surface area contributed by atoms with Gasteiger partial charge in [-0.3, -0.25) is 9.52 Å². The Balaban J connectivity index is 1.73. The number of sulfonamides is 1. The molecule has 0 bridgehead atoms. The molecule has 0 aromatic heterocycles. The van der Waals surface area contributed by atoms with Crippen molar-refractivity contribution in [3.05, 3.63) is 88.7 Å². The van der Waals surface area contributed by atoms with Gasteiger partial charge in [0.1, 0.15) is 5.82 Å². The summed E-state index contributed by atoms with van der Waals surface area (Å²) in [5, 5.41) is 3.31. The fraction of sp³-hybridized carbons (Fsp3) is 0.0500. The molecule has 5 nitrogen and oxygen atoms in total. The molecule has 0 heterocycles. The summed E-state index contributed by atoms with van der Waals surface area (Å²) in [5.74, 6) is -0.873. The van der Waals surface area contributed by atoms with Gasteiger partial charge in [-0.25, -0.2) is 12.8 Å². The smallest absolute Gasteiger partial charge is 0.261 e. The zero-order chi connectivity index (χ0) is 20.3. The van der Waals surface area contributed by atoms with Crippen LogP contribution in [0.4, 0.5) is 15.8 Å². The molecule has 0 saturated carbocycles. The molecule has 3 rings (SSSR count). The fourth-order valence-electron chi connectivity index (χ4n) is 2.45. The molecular weight excluding hydrogens is 403 g/mol. The SMILES string of the molecule is Cc1c(Cl)cccc1NC(=O)c1ccc(NS(=O)(=O)c2ccc(F)cc2)cc1. The fourth-order valence-corrected chi connectivity index (χ4v) is 3.69. The molecule has 144 valence electrons. The Morgan fingerprint density at radius 3 is 2.25 bits per heavy atom. The van der Waals surface area contributed by atoms with E-state index in [2.05, 4.69) is 10.0 Å². The number of hydrogen-bond donors (Lipinski definition) is 2. The van der Waals surface area contributed by atoms with Gasteiger partial charge in [-0.05, 0) is 73.2 Å². The maximum Gasteiger partial charge on any atom is 0.261 e. The molecule has 0 spiro atoms. The molecule has 0 aliphatic carbocycles. The van der Waals surface area contributed by atoms with E-state index in [0.29, 0.717) is 16.3 Å². The second-order valence-electron chi connectivity index (χ2n) is 6.00. The Morgan fingerprint density at radius 1 is 0.964 bits per heavy atom. The largest absolute Gasteiger partial charge is 0.322 e. The molecular formula is C20H16ClFN2O3S. The lowest BCUT2D eigenvalue weighted by Crippen LogP contribution is -2.14. The first-order valence-corrected chi connectivity index (χ1v) is 10.1. The molecule has 0 atom stereocenters. The van der Waals surface area contributed by atoms with Crippen molar-refractivity contribution in [2.75, 3.05) is 10.0 Å². The van der Waals surface area contributed by atoms with Crippen molar-refractivity contribution >= 4 is 38.9 Å². The summed E-state index contributed by atoms with van der Waals surface area (Å²) in [5.41, 5.74) is 1.98. The monoisotopic (exact) mass is 418 g/mol. The van der Waals surface area contributed by atoms with E-state index in [0.717, 1.165) is 17.7 Å². The first-order valence-electron chi connectivity index (χ1n) is 8.21. The van der Waals surface area contributed by atoms with Crippen LogP contribution < -0.4 is 10.0 Å². The van der Waals surface area contributed by atoms with Crippen molar-refractivity contribution in [1.29, 1.82) is 0 Å². The van der Waals surface area contributed by atoms with E-state index in [1.54, 1.807) is 25.1 Å². The average molecular weight is 419 g/mol. The number of halogens is 2. The summed E-state index contributed by atoms with van der Waals surface area (Å²) < 4.78 is 40.0. The molecule has 0 aliphatic rings. The Morgan fingerprint density at radius 2 is 1.61 bits per heavy atom. The van der Waals surface area contributed by atoms with Crippen molar-refractivity contribution in [3.63, 3.8) is 0 Å². The molecule has 2 N–H and O–H groups in total. The second-order valence-corrected chi connectivity index (χ2v) is 8.09. The van der Waals surface area contributed by atoms with Gasteiger partial charge in [0.2, 0.25) is 0 Å².